The number of rotatable bonds is 5. The van der Waals surface area contributed by atoms with Gasteiger partial charge in [0.15, 0.2) is 0 Å². The molecule has 3 heterocycles. The molecule has 1 N–H and O–H groups in total. The van der Waals surface area contributed by atoms with Crippen molar-refractivity contribution in [3.63, 3.8) is 0 Å². The Bertz CT molecular complexity index is 790. The molecule has 0 radical (unpaired) electrons. The molecule has 0 spiro atoms. The van der Waals surface area contributed by atoms with Gasteiger partial charge in [0.1, 0.15) is 11.3 Å². The van der Waals surface area contributed by atoms with E-state index in [4.69, 9.17) is 9.15 Å². The van der Waals surface area contributed by atoms with Crippen LogP contribution in [-0.4, -0.2) is 46.7 Å². The van der Waals surface area contributed by atoms with Gasteiger partial charge in [0, 0.05) is 24.9 Å². The molecular weight excluding hydrogens is 322 g/mol. The highest BCUT2D eigenvalue weighted by Crippen LogP contribution is 2.42. The van der Waals surface area contributed by atoms with Crippen molar-refractivity contribution in [1.29, 1.82) is 0 Å². The Morgan fingerprint density at radius 2 is 2.16 bits per heavy atom. The predicted molar refractivity (Wildman–Crippen MR) is 88.5 cm³/mol. The second-order valence-corrected chi connectivity index (χ2v) is 6.63. The standard InChI is InChI=1S/C18H21N3O4/c1-2-24-18(23)14-9-19-20-15(14)12-5-7-21(10-12)17(22)13-6-8-25-16(13)11-3-4-11/h6,8-9,11-12H,2-5,7,10H2,1H3,(H,19,20). The highest BCUT2D eigenvalue weighted by molar-refractivity contribution is 5.96. The highest BCUT2D eigenvalue weighted by atomic mass is 16.5. The minimum atomic E-state index is -0.373. The van der Waals surface area contributed by atoms with Crippen LogP contribution in [0.5, 0.6) is 0 Å². The third-order valence-corrected chi connectivity index (χ3v) is 4.92. The van der Waals surface area contributed by atoms with Gasteiger partial charge in [-0.15, -0.1) is 0 Å². The molecular formula is C18H21N3O4. The Hall–Kier alpha value is -2.57. The monoisotopic (exact) mass is 343 g/mol. The SMILES string of the molecule is CCOC(=O)c1cn[nH]c1C1CCN(C(=O)c2ccoc2C2CC2)C1. The van der Waals surface area contributed by atoms with E-state index in [0.29, 0.717) is 36.7 Å². The van der Waals surface area contributed by atoms with Gasteiger partial charge in [-0.2, -0.15) is 5.10 Å². The number of ether oxygens (including phenoxy) is 1. The van der Waals surface area contributed by atoms with Crippen molar-refractivity contribution in [2.45, 2.75) is 38.0 Å². The number of esters is 1. The van der Waals surface area contributed by atoms with Crippen LogP contribution in [0.3, 0.4) is 0 Å². The first kappa shape index (κ1) is 15.9. The summed E-state index contributed by atoms with van der Waals surface area (Å²) in [5, 5.41) is 6.90. The third kappa shape index (κ3) is 2.94. The first-order valence-electron chi connectivity index (χ1n) is 8.76. The van der Waals surface area contributed by atoms with Gasteiger partial charge in [0.25, 0.3) is 5.91 Å². The van der Waals surface area contributed by atoms with Crippen LogP contribution < -0.4 is 0 Å². The van der Waals surface area contributed by atoms with E-state index in [9.17, 15) is 9.59 Å². The zero-order valence-electron chi connectivity index (χ0n) is 14.2. The summed E-state index contributed by atoms with van der Waals surface area (Å²) < 4.78 is 10.6. The van der Waals surface area contributed by atoms with Gasteiger partial charge >= 0.3 is 5.97 Å². The summed E-state index contributed by atoms with van der Waals surface area (Å²) in [7, 11) is 0. The average molecular weight is 343 g/mol. The van der Waals surface area contributed by atoms with Crippen molar-refractivity contribution in [3.8, 4) is 0 Å². The number of aromatic amines is 1. The van der Waals surface area contributed by atoms with Gasteiger partial charge in [-0.3, -0.25) is 9.89 Å². The van der Waals surface area contributed by atoms with E-state index in [0.717, 1.165) is 30.7 Å². The van der Waals surface area contributed by atoms with E-state index in [1.165, 1.54) is 6.20 Å². The minimum absolute atomic E-state index is 0.00958. The molecule has 1 aliphatic heterocycles. The molecule has 7 nitrogen and oxygen atoms in total. The van der Waals surface area contributed by atoms with Gasteiger partial charge in [-0.05, 0) is 32.3 Å². The number of furan rings is 1. The van der Waals surface area contributed by atoms with Crippen molar-refractivity contribution in [1.82, 2.24) is 15.1 Å². The summed E-state index contributed by atoms with van der Waals surface area (Å²) >= 11 is 0. The number of carbonyl (C=O) groups is 2. The van der Waals surface area contributed by atoms with E-state index in [2.05, 4.69) is 10.2 Å². The molecule has 1 atom stereocenters. The first-order chi connectivity index (χ1) is 12.2. The van der Waals surface area contributed by atoms with Gasteiger partial charge in [-0.25, -0.2) is 4.79 Å². The van der Waals surface area contributed by atoms with Gasteiger partial charge in [0.2, 0.25) is 0 Å². The van der Waals surface area contributed by atoms with E-state index < -0.39 is 0 Å². The number of hydrogen-bond acceptors (Lipinski definition) is 5. The normalized spacial score (nSPS) is 20.0. The van der Waals surface area contributed by atoms with Crippen molar-refractivity contribution in [2.24, 2.45) is 0 Å². The Kier molecular flexibility index (Phi) is 4.07. The van der Waals surface area contributed by atoms with Crippen LogP contribution in [0.1, 0.15) is 70.2 Å². The molecule has 1 unspecified atom stereocenters. The topological polar surface area (TPSA) is 88.4 Å². The Morgan fingerprint density at radius 1 is 1.32 bits per heavy atom. The fourth-order valence-corrected chi connectivity index (χ4v) is 3.49. The van der Waals surface area contributed by atoms with Crippen molar-refractivity contribution < 1.29 is 18.7 Å². The molecule has 0 aromatic carbocycles. The lowest BCUT2D eigenvalue weighted by Crippen LogP contribution is -2.29. The van der Waals surface area contributed by atoms with E-state index in [1.54, 1.807) is 19.3 Å². The first-order valence-corrected chi connectivity index (χ1v) is 8.76. The fraction of sp³-hybridized carbons (Fsp3) is 0.500. The molecule has 1 saturated heterocycles. The van der Waals surface area contributed by atoms with Crippen LogP contribution in [0.15, 0.2) is 22.9 Å². The molecule has 2 aliphatic rings. The molecule has 7 heteroatoms. The van der Waals surface area contributed by atoms with Crippen LogP contribution in [-0.2, 0) is 4.74 Å². The van der Waals surface area contributed by atoms with Crippen molar-refractivity contribution in [3.05, 3.63) is 41.1 Å². The number of amides is 1. The number of H-pyrrole nitrogens is 1. The maximum atomic E-state index is 12.8. The number of hydrogen-bond donors (Lipinski definition) is 1. The molecule has 2 aromatic heterocycles. The zero-order valence-corrected chi connectivity index (χ0v) is 14.2. The molecule has 1 saturated carbocycles. The van der Waals surface area contributed by atoms with Crippen molar-refractivity contribution in [2.75, 3.05) is 19.7 Å². The predicted octanol–water partition coefficient (Wildman–Crippen LogP) is 2.69. The summed E-state index contributed by atoms with van der Waals surface area (Å²) in [5.74, 6) is 0.914. The van der Waals surface area contributed by atoms with E-state index in [-0.39, 0.29) is 17.8 Å². The Balaban J connectivity index is 1.48. The van der Waals surface area contributed by atoms with Crippen LogP contribution in [0.25, 0.3) is 0 Å². The smallest absolute Gasteiger partial charge is 0.341 e. The molecule has 2 aromatic rings. The van der Waals surface area contributed by atoms with E-state index in [1.807, 2.05) is 4.90 Å². The molecule has 25 heavy (non-hydrogen) atoms. The Labute approximate surface area is 145 Å². The van der Waals surface area contributed by atoms with Crippen LogP contribution in [0.4, 0.5) is 0 Å². The zero-order chi connectivity index (χ0) is 17.4. The summed E-state index contributed by atoms with van der Waals surface area (Å²) in [4.78, 5) is 26.7. The summed E-state index contributed by atoms with van der Waals surface area (Å²) in [6.07, 6.45) is 6.07. The molecule has 132 valence electrons. The molecule has 0 bridgehead atoms. The largest absolute Gasteiger partial charge is 0.468 e. The van der Waals surface area contributed by atoms with Crippen molar-refractivity contribution >= 4 is 11.9 Å². The summed E-state index contributed by atoms with van der Waals surface area (Å²) in [6, 6.07) is 1.77. The maximum absolute atomic E-state index is 12.8. The van der Waals surface area contributed by atoms with Crippen LogP contribution in [0.2, 0.25) is 0 Å². The van der Waals surface area contributed by atoms with Gasteiger partial charge in [0.05, 0.1) is 30.3 Å². The lowest BCUT2D eigenvalue weighted by molar-refractivity contribution is 0.0524. The number of aromatic nitrogens is 2. The average Bonchev–Trinajstić information content (AvgIpc) is 3.07. The van der Waals surface area contributed by atoms with Crippen LogP contribution >= 0.6 is 0 Å². The van der Waals surface area contributed by atoms with Gasteiger partial charge in [-0.1, -0.05) is 0 Å². The molecule has 2 fully saturated rings. The summed E-state index contributed by atoms with van der Waals surface area (Å²) in [5.41, 5.74) is 1.89. The number of likely N-dealkylation sites (tertiary alicyclic amines) is 1. The maximum Gasteiger partial charge on any atom is 0.341 e. The number of nitrogens with one attached hydrogen (secondary N) is 1. The number of nitrogens with zero attached hydrogens (tertiary/aromatic N) is 2. The lowest BCUT2D eigenvalue weighted by atomic mass is 10.0. The lowest BCUT2D eigenvalue weighted by Gasteiger charge is -2.16. The van der Waals surface area contributed by atoms with E-state index >= 15 is 0 Å². The molecule has 4 rings (SSSR count). The second-order valence-electron chi connectivity index (χ2n) is 6.63. The minimum Gasteiger partial charge on any atom is -0.468 e. The molecule has 1 amide bonds. The third-order valence-electron chi connectivity index (χ3n) is 4.92. The number of carbonyl (C=O) groups excluding carboxylic acids is 2. The summed E-state index contributed by atoms with van der Waals surface area (Å²) in [6.45, 7) is 3.31. The van der Waals surface area contributed by atoms with Crippen LogP contribution in [0, 0.1) is 0 Å². The highest BCUT2D eigenvalue weighted by Gasteiger charge is 2.36. The van der Waals surface area contributed by atoms with Gasteiger partial charge < -0.3 is 14.1 Å². The molecule has 1 aliphatic carbocycles. The Morgan fingerprint density at radius 3 is 2.92 bits per heavy atom. The quantitative estimate of drug-likeness (QED) is 0.843. The second kappa shape index (κ2) is 6.38. The fourth-order valence-electron chi connectivity index (χ4n) is 3.49.